The second-order valence-electron chi connectivity index (χ2n) is 4.54. The van der Waals surface area contributed by atoms with E-state index in [0.29, 0.717) is 12.5 Å². The number of aromatic nitrogens is 2. The summed E-state index contributed by atoms with van der Waals surface area (Å²) in [4.78, 5) is 8.55. The van der Waals surface area contributed by atoms with Crippen molar-refractivity contribution in [3.8, 4) is 0 Å². The number of hydrogen-bond acceptors (Lipinski definition) is 4. The predicted molar refractivity (Wildman–Crippen MR) is 64.0 cm³/mol. The molecule has 2 N–H and O–H groups in total. The van der Waals surface area contributed by atoms with Crippen LogP contribution in [-0.2, 0) is 10.0 Å². The number of rotatable bonds is 4. The minimum atomic E-state index is -3.42. The second-order valence-corrected chi connectivity index (χ2v) is 6.27. The largest absolute Gasteiger partial charge is 0.335 e. The van der Waals surface area contributed by atoms with Gasteiger partial charge in [0.15, 0.2) is 5.03 Å². The summed E-state index contributed by atoms with van der Waals surface area (Å²) >= 11 is 0. The lowest BCUT2D eigenvalue weighted by atomic mass is 9.99. The van der Waals surface area contributed by atoms with Crippen molar-refractivity contribution >= 4 is 10.0 Å². The molecule has 17 heavy (non-hydrogen) atoms. The van der Waals surface area contributed by atoms with Gasteiger partial charge < -0.3 is 9.88 Å². The summed E-state index contributed by atoms with van der Waals surface area (Å²) in [5.41, 5.74) is 0. The smallest absolute Gasteiger partial charge is 0.257 e. The van der Waals surface area contributed by atoms with Crippen LogP contribution in [-0.4, -0.2) is 50.0 Å². The van der Waals surface area contributed by atoms with Crippen molar-refractivity contribution in [3.63, 3.8) is 0 Å². The molecule has 96 valence electrons. The maximum Gasteiger partial charge on any atom is 0.257 e. The van der Waals surface area contributed by atoms with Crippen molar-refractivity contribution in [2.24, 2.45) is 5.92 Å². The molecule has 1 aromatic rings. The molecule has 0 aromatic carbocycles. The van der Waals surface area contributed by atoms with E-state index in [1.165, 1.54) is 12.5 Å². The number of sulfonamides is 1. The Bertz CT molecular complexity index is 443. The van der Waals surface area contributed by atoms with Crippen LogP contribution in [0.4, 0.5) is 0 Å². The number of imidazole rings is 1. The lowest BCUT2D eigenvalue weighted by molar-refractivity contribution is 0.211. The van der Waals surface area contributed by atoms with Crippen molar-refractivity contribution in [1.29, 1.82) is 0 Å². The molecule has 1 fully saturated rings. The van der Waals surface area contributed by atoms with Crippen LogP contribution >= 0.6 is 0 Å². The monoisotopic (exact) mass is 258 g/mol. The van der Waals surface area contributed by atoms with Gasteiger partial charge in [0.2, 0.25) is 0 Å². The number of nitrogens with zero attached hydrogens (tertiary/aromatic N) is 2. The van der Waals surface area contributed by atoms with Crippen LogP contribution in [0.15, 0.2) is 17.6 Å². The molecule has 0 bridgehead atoms. The Hall–Kier alpha value is -0.920. The van der Waals surface area contributed by atoms with Gasteiger partial charge in [0.05, 0.1) is 12.5 Å². The predicted octanol–water partition coefficient (Wildman–Crippen LogP) is 0.0298. The van der Waals surface area contributed by atoms with Crippen LogP contribution in [0, 0.1) is 5.92 Å². The van der Waals surface area contributed by atoms with Gasteiger partial charge in [0.25, 0.3) is 10.0 Å². The Labute approximate surface area is 101 Å². The number of piperidine rings is 1. The van der Waals surface area contributed by atoms with Gasteiger partial charge in [-0.25, -0.2) is 18.1 Å². The summed E-state index contributed by atoms with van der Waals surface area (Å²) in [6.07, 6.45) is 4.89. The Morgan fingerprint density at radius 3 is 3.12 bits per heavy atom. The van der Waals surface area contributed by atoms with Crippen LogP contribution in [0.5, 0.6) is 0 Å². The first kappa shape index (κ1) is 12.5. The lowest BCUT2D eigenvalue weighted by Crippen LogP contribution is -2.39. The Morgan fingerprint density at radius 2 is 2.47 bits per heavy atom. The van der Waals surface area contributed by atoms with E-state index >= 15 is 0 Å². The molecule has 1 aliphatic rings. The van der Waals surface area contributed by atoms with Gasteiger partial charge >= 0.3 is 0 Å². The summed E-state index contributed by atoms with van der Waals surface area (Å²) < 4.78 is 26.3. The Balaban J connectivity index is 1.89. The molecule has 6 nitrogen and oxygen atoms in total. The van der Waals surface area contributed by atoms with E-state index < -0.39 is 10.0 Å². The molecule has 7 heteroatoms. The van der Waals surface area contributed by atoms with Crippen molar-refractivity contribution in [1.82, 2.24) is 19.6 Å². The molecule has 0 spiro atoms. The van der Waals surface area contributed by atoms with Crippen molar-refractivity contribution in [2.75, 3.05) is 26.7 Å². The highest BCUT2D eigenvalue weighted by Crippen LogP contribution is 2.14. The zero-order chi connectivity index (χ0) is 12.3. The molecule has 1 atom stereocenters. The van der Waals surface area contributed by atoms with Crippen LogP contribution in [0.2, 0.25) is 0 Å². The van der Waals surface area contributed by atoms with Gasteiger partial charge in [0.1, 0.15) is 0 Å². The maximum absolute atomic E-state index is 11.8. The molecule has 1 saturated heterocycles. The summed E-state index contributed by atoms with van der Waals surface area (Å²) in [7, 11) is -1.36. The highest BCUT2D eigenvalue weighted by Gasteiger charge is 2.21. The van der Waals surface area contributed by atoms with Crippen LogP contribution < -0.4 is 4.72 Å². The molecule has 0 aliphatic carbocycles. The van der Waals surface area contributed by atoms with E-state index in [0.717, 1.165) is 25.9 Å². The maximum atomic E-state index is 11.8. The number of likely N-dealkylation sites (tertiary alicyclic amines) is 1. The first-order chi connectivity index (χ1) is 8.08. The topological polar surface area (TPSA) is 78.1 Å². The molecule has 0 amide bonds. The zero-order valence-corrected chi connectivity index (χ0v) is 10.7. The number of nitrogens with one attached hydrogen (secondary N) is 2. The first-order valence-corrected chi connectivity index (χ1v) is 7.23. The molecular formula is C10H18N4O2S. The highest BCUT2D eigenvalue weighted by molar-refractivity contribution is 7.89. The molecule has 1 aromatic heterocycles. The highest BCUT2D eigenvalue weighted by atomic mass is 32.2. The third-order valence-corrected chi connectivity index (χ3v) is 4.40. The lowest BCUT2D eigenvalue weighted by Gasteiger charge is -2.29. The average Bonchev–Trinajstić information content (AvgIpc) is 2.81. The molecule has 2 heterocycles. The zero-order valence-electron chi connectivity index (χ0n) is 9.89. The summed E-state index contributed by atoms with van der Waals surface area (Å²) in [5, 5.41) is 0.127. The molecule has 0 radical (unpaired) electrons. The fraction of sp³-hybridized carbons (Fsp3) is 0.700. The van der Waals surface area contributed by atoms with Gasteiger partial charge in [-0.1, -0.05) is 0 Å². The van der Waals surface area contributed by atoms with E-state index in [1.807, 2.05) is 0 Å². The first-order valence-electron chi connectivity index (χ1n) is 5.74. The van der Waals surface area contributed by atoms with Gasteiger partial charge in [-0.05, 0) is 32.4 Å². The Kier molecular flexibility index (Phi) is 3.80. The number of hydrogen-bond donors (Lipinski definition) is 2. The van der Waals surface area contributed by atoms with Crippen LogP contribution in [0.25, 0.3) is 0 Å². The molecular weight excluding hydrogens is 240 g/mol. The van der Waals surface area contributed by atoms with E-state index in [2.05, 4.69) is 26.6 Å². The normalized spacial score (nSPS) is 22.8. The van der Waals surface area contributed by atoms with E-state index in [9.17, 15) is 8.42 Å². The minimum Gasteiger partial charge on any atom is -0.335 e. The van der Waals surface area contributed by atoms with Gasteiger partial charge in [0, 0.05) is 13.1 Å². The van der Waals surface area contributed by atoms with Gasteiger partial charge in [-0.3, -0.25) is 0 Å². The van der Waals surface area contributed by atoms with Gasteiger partial charge in [-0.15, -0.1) is 0 Å². The third-order valence-electron chi connectivity index (χ3n) is 3.05. The van der Waals surface area contributed by atoms with Gasteiger partial charge in [-0.2, -0.15) is 0 Å². The van der Waals surface area contributed by atoms with E-state index in [1.54, 1.807) is 0 Å². The molecule has 0 saturated carbocycles. The van der Waals surface area contributed by atoms with Crippen molar-refractivity contribution in [2.45, 2.75) is 17.9 Å². The number of H-pyrrole nitrogens is 1. The van der Waals surface area contributed by atoms with Crippen molar-refractivity contribution < 1.29 is 8.42 Å². The van der Waals surface area contributed by atoms with Crippen molar-refractivity contribution in [3.05, 3.63) is 12.5 Å². The second kappa shape index (κ2) is 5.16. The molecule has 1 aliphatic heterocycles. The molecule has 2 rings (SSSR count). The van der Waals surface area contributed by atoms with E-state index in [-0.39, 0.29) is 5.03 Å². The molecule has 1 unspecified atom stereocenters. The van der Waals surface area contributed by atoms with E-state index in [4.69, 9.17) is 0 Å². The summed E-state index contributed by atoms with van der Waals surface area (Å²) in [6.45, 7) is 2.54. The third kappa shape index (κ3) is 3.27. The fourth-order valence-electron chi connectivity index (χ4n) is 2.14. The van der Waals surface area contributed by atoms with Crippen LogP contribution in [0.3, 0.4) is 0 Å². The summed E-state index contributed by atoms with van der Waals surface area (Å²) in [6, 6.07) is 0. The average molecular weight is 258 g/mol. The standard InChI is InChI=1S/C10H18N4O2S/c1-14-4-2-3-9(7-14)5-13-17(15,16)10-6-11-8-12-10/h6,8-9,13H,2-5,7H2,1H3,(H,11,12). The minimum absolute atomic E-state index is 0.127. The fourth-order valence-corrected chi connectivity index (χ4v) is 3.15. The number of aromatic amines is 1. The van der Waals surface area contributed by atoms with Crippen LogP contribution in [0.1, 0.15) is 12.8 Å². The SMILES string of the molecule is CN1CCCC(CNS(=O)(=O)c2cnc[nH]2)C1. The Morgan fingerprint density at radius 1 is 1.65 bits per heavy atom. The quantitative estimate of drug-likeness (QED) is 0.798. The summed E-state index contributed by atoms with van der Waals surface area (Å²) in [5.74, 6) is 0.395.